The van der Waals surface area contributed by atoms with Crippen molar-refractivity contribution < 1.29 is 5.11 Å². The van der Waals surface area contributed by atoms with Gasteiger partial charge in [0.15, 0.2) is 0 Å². The van der Waals surface area contributed by atoms with Crippen LogP contribution in [0.5, 0.6) is 0 Å². The van der Waals surface area contributed by atoms with Gasteiger partial charge in [-0.05, 0) is 36.5 Å². The third-order valence-electron chi connectivity index (χ3n) is 3.51. The zero-order valence-corrected chi connectivity index (χ0v) is 9.59. The van der Waals surface area contributed by atoms with Crippen molar-refractivity contribution in [3.05, 3.63) is 0 Å². The van der Waals surface area contributed by atoms with Crippen LogP contribution in [0.4, 0.5) is 0 Å². The number of hydrogen-bond donors (Lipinski definition) is 1. The summed E-state index contributed by atoms with van der Waals surface area (Å²) in [6, 6.07) is 0. The minimum absolute atomic E-state index is 0.105. The maximum Gasteiger partial charge on any atom is 0.0568 e. The number of hydrogen-bond acceptors (Lipinski definition) is 1. The van der Waals surface area contributed by atoms with Crippen LogP contribution in [0.1, 0.15) is 33.6 Å². The SMILES string of the molecule is CC(C)C1C[C@H](O)[C@H](C)C[C@H]1CCl. The summed E-state index contributed by atoms with van der Waals surface area (Å²) in [6.07, 6.45) is 1.93. The van der Waals surface area contributed by atoms with Crippen LogP contribution in [0.3, 0.4) is 0 Å². The molecule has 0 bridgehead atoms. The molecule has 1 unspecified atom stereocenters. The second-order valence-corrected chi connectivity index (χ2v) is 5.15. The van der Waals surface area contributed by atoms with E-state index in [1.807, 2.05) is 0 Å². The van der Waals surface area contributed by atoms with E-state index in [9.17, 15) is 5.11 Å². The Morgan fingerprint density at radius 3 is 2.46 bits per heavy atom. The molecule has 0 saturated heterocycles. The largest absolute Gasteiger partial charge is 0.393 e. The first-order chi connectivity index (χ1) is 6.06. The zero-order chi connectivity index (χ0) is 10.0. The highest BCUT2D eigenvalue weighted by Crippen LogP contribution is 2.38. The van der Waals surface area contributed by atoms with Crippen LogP contribution in [0.15, 0.2) is 0 Å². The van der Waals surface area contributed by atoms with E-state index >= 15 is 0 Å². The van der Waals surface area contributed by atoms with Crippen molar-refractivity contribution in [1.29, 1.82) is 0 Å². The van der Waals surface area contributed by atoms with Gasteiger partial charge in [-0.1, -0.05) is 20.8 Å². The van der Waals surface area contributed by atoms with E-state index in [1.165, 1.54) is 0 Å². The Hall–Kier alpha value is 0.250. The summed E-state index contributed by atoms with van der Waals surface area (Å²) in [5.74, 6) is 3.05. The summed E-state index contributed by atoms with van der Waals surface area (Å²) in [5.41, 5.74) is 0. The molecule has 0 heterocycles. The quantitative estimate of drug-likeness (QED) is 0.686. The highest BCUT2D eigenvalue weighted by atomic mass is 35.5. The van der Waals surface area contributed by atoms with E-state index < -0.39 is 0 Å². The fraction of sp³-hybridized carbons (Fsp3) is 1.00. The number of alkyl halides is 1. The maximum absolute atomic E-state index is 9.77. The average Bonchev–Trinajstić information content (AvgIpc) is 2.08. The van der Waals surface area contributed by atoms with Gasteiger partial charge in [-0.15, -0.1) is 11.6 Å². The molecule has 0 aromatic rings. The molecule has 4 atom stereocenters. The molecular weight excluding hydrogens is 184 g/mol. The predicted octanol–water partition coefficient (Wildman–Crippen LogP) is 2.90. The monoisotopic (exact) mass is 204 g/mol. The van der Waals surface area contributed by atoms with Crippen LogP contribution in [0.2, 0.25) is 0 Å². The van der Waals surface area contributed by atoms with Crippen LogP contribution in [0, 0.1) is 23.7 Å². The van der Waals surface area contributed by atoms with Gasteiger partial charge >= 0.3 is 0 Å². The second-order valence-electron chi connectivity index (χ2n) is 4.84. The van der Waals surface area contributed by atoms with Gasteiger partial charge in [0.2, 0.25) is 0 Å². The molecule has 1 rings (SSSR count). The summed E-state index contributed by atoms with van der Waals surface area (Å²) in [6.45, 7) is 6.58. The number of aliphatic hydroxyl groups is 1. The average molecular weight is 205 g/mol. The van der Waals surface area contributed by atoms with Crippen molar-refractivity contribution in [2.24, 2.45) is 23.7 Å². The molecule has 0 amide bonds. The van der Waals surface area contributed by atoms with E-state index in [4.69, 9.17) is 11.6 Å². The van der Waals surface area contributed by atoms with Gasteiger partial charge in [-0.3, -0.25) is 0 Å². The Bertz CT molecular complexity index is 158. The Balaban J connectivity index is 2.61. The molecule has 1 N–H and O–H groups in total. The van der Waals surface area contributed by atoms with E-state index in [1.54, 1.807) is 0 Å². The highest BCUT2D eigenvalue weighted by molar-refractivity contribution is 6.18. The predicted molar refractivity (Wildman–Crippen MR) is 56.9 cm³/mol. The smallest absolute Gasteiger partial charge is 0.0568 e. The molecule has 0 aromatic heterocycles. The standard InChI is InChI=1S/C11H21ClO/c1-7(2)10-5-11(13)8(3)4-9(10)6-12/h7-11,13H,4-6H2,1-3H3/t8-,9+,10?,11+/m1/s1. The van der Waals surface area contributed by atoms with Crippen LogP contribution in [-0.4, -0.2) is 17.1 Å². The Morgan fingerprint density at radius 1 is 1.38 bits per heavy atom. The minimum Gasteiger partial charge on any atom is -0.393 e. The molecule has 0 aromatic carbocycles. The lowest BCUT2D eigenvalue weighted by Gasteiger charge is -2.39. The highest BCUT2D eigenvalue weighted by Gasteiger charge is 2.34. The molecule has 2 heteroatoms. The second kappa shape index (κ2) is 4.65. The molecule has 0 aliphatic heterocycles. The van der Waals surface area contributed by atoms with Gasteiger partial charge in [0, 0.05) is 5.88 Å². The van der Waals surface area contributed by atoms with Crippen molar-refractivity contribution in [2.45, 2.75) is 39.7 Å². The maximum atomic E-state index is 9.77. The first-order valence-corrected chi connectivity index (χ1v) is 5.83. The van der Waals surface area contributed by atoms with Crippen LogP contribution < -0.4 is 0 Å². The number of aliphatic hydroxyl groups excluding tert-OH is 1. The van der Waals surface area contributed by atoms with E-state index in [0.717, 1.165) is 18.7 Å². The van der Waals surface area contributed by atoms with Crippen molar-refractivity contribution in [3.8, 4) is 0 Å². The zero-order valence-electron chi connectivity index (χ0n) is 8.83. The molecule has 1 aliphatic rings. The summed E-state index contributed by atoms with van der Waals surface area (Å²) in [4.78, 5) is 0. The van der Waals surface area contributed by atoms with E-state index in [2.05, 4.69) is 20.8 Å². The van der Waals surface area contributed by atoms with Crippen molar-refractivity contribution >= 4 is 11.6 Å². The molecule has 78 valence electrons. The number of halogens is 1. The van der Waals surface area contributed by atoms with Crippen molar-refractivity contribution in [2.75, 3.05) is 5.88 Å². The van der Waals surface area contributed by atoms with Gasteiger partial charge in [-0.2, -0.15) is 0 Å². The van der Waals surface area contributed by atoms with Gasteiger partial charge < -0.3 is 5.11 Å². The van der Waals surface area contributed by atoms with Gasteiger partial charge in [0.25, 0.3) is 0 Å². The summed E-state index contributed by atoms with van der Waals surface area (Å²) < 4.78 is 0. The molecule has 0 spiro atoms. The van der Waals surface area contributed by atoms with Crippen molar-refractivity contribution in [3.63, 3.8) is 0 Å². The fourth-order valence-corrected chi connectivity index (χ4v) is 2.86. The summed E-state index contributed by atoms with van der Waals surface area (Å²) in [7, 11) is 0. The lowest BCUT2D eigenvalue weighted by atomic mass is 9.69. The van der Waals surface area contributed by atoms with Gasteiger partial charge in [0.05, 0.1) is 6.10 Å². The minimum atomic E-state index is -0.105. The fourth-order valence-electron chi connectivity index (χ4n) is 2.51. The molecule has 1 fully saturated rings. The normalized spacial score (nSPS) is 41.1. The molecule has 1 saturated carbocycles. The first-order valence-electron chi connectivity index (χ1n) is 5.30. The Kier molecular flexibility index (Phi) is 4.06. The number of rotatable bonds is 2. The lowest BCUT2D eigenvalue weighted by molar-refractivity contribution is 0.0137. The summed E-state index contributed by atoms with van der Waals surface area (Å²) >= 11 is 5.95. The first kappa shape index (κ1) is 11.3. The third-order valence-corrected chi connectivity index (χ3v) is 3.90. The Labute approximate surface area is 86.5 Å². The summed E-state index contributed by atoms with van der Waals surface area (Å²) in [5, 5.41) is 9.77. The van der Waals surface area contributed by atoms with Crippen LogP contribution in [0.25, 0.3) is 0 Å². The lowest BCUT2D eigenvalue weighted by Crippen LogP contribution is -2.37. The van der Waals surface area contributed by atoms with Crippen LogP contribution >= 0.6 is 11.6 Å². The molecule has 1 aliphatic carbocycles. The Morgan fingerprint density at radius 2 is 2.00 bits per heavy atom. The van der Waals surface area contributed by atoms with E-state index in [-0.39, 0.29) is 6.10 Å². The van der Waals surface area contributed by atoms with Crippen LogP contribution in [-0.2, 0) is 0 Å². The molecular formula is C11H21ClO. The topological polar surface area (TPSA) is 20.2 Å². The third kappa shape index (κ3) is 2.60. The van der Waals surface area contributed by atoms with E-state index in [0.29, 0.717) is 23.7 Å². The molecule has 13 heavy (non-hydrogen) atoms. The van der Waals surface area contributed by atoms with Gasteiger partial charge in [0.1, 0.15) is 0 Å². The van der Waals surface area contributed by atoms with Crippen molar-refractivity contribution in [1.82, 2.24) is 0 Å². The molecule has 1 nitrogen and oxygen atoms in total. The van der Waals surface area contributed by atoms with Gasteiger partial charge in [-0.25, -0.2) is 0 Å². The molecule has 0 radical (unpaired) electrons.